The van der Waals surface area contributed by atoms with Gasteiger partial charge in [-0.3, -0.25) is 9.59 Å². The molecular weight excluding hydrogens is 430 g/mol. The number of ether oxygens (including phenoxy) is 1. The lowest BCUT2D eigenvalue weighted by Crippen LogP contribution is -2.43. The Labute approximate surface area is 197 Å². The van der Waals surface area contributed by atoms with Crippen LogP contribution in [0.2, 0.25) is 0 Å². The lowest BCUT2D eigenvalue weighted by atomic mass is 10.0. The smallest absolute Gasteiger partial charge is 0.277 e. The molecule has 1 fully saturated rings. The van der Waals surface area contributed by atoms with Crippen molar-refractivity contribution in [1.29, 1.82) is 0 Å². The van der Waals surface area contributed by atoms with Crippen molar-refractivity contribution in [2.24, 2.45) is 5.73 Å². The van der Waals surface area contributed by atoms with E-state index in [9.17, 15) is 9.59 Å². The molecule has 1 atom stereocenters. The molecule has 1 saturated heterocycles. The van der Waals surface area contributed by atoms with Crippen LogP contribution in [0.1, 0.15) is 23.2 Å². The van der Waals surface area contributed by atoms with Gasteiger partial charge in [-0.15, -0.1) is 5.10 Å². The van der Waals surface area contributed by atoms with E-state index in [0.29, 0.717) is 34.8 Å². The first-order valence-corrected chi connectivity index (χ1v) is 11.4. The number of para-hydroxylation sites is 1. The Kier molecular flexibility index (Phi) is 5.90. The van der Waals surface area contributed by atoms with Crippen molar-refractivity contribution in [2.75, 3.05) is 25.1 Å². The fraction of sp³-hybridized carbons (Fsp3) is 0.269. The normalized spacial score (nSPS) is 16.1. The summed E-state index contributed by atoms with van der Waals surface area (Å²) in [5.41, 5.74) is 8.42. The number of piperidine rings is 1. The van der Waals surface area contributed by atoms with Gasteiger partial charge in [0.05, 0.1) is 19.2 Å². The molecule has 4 aromatic rings. The number of nitrogens with two attached hydrogens (primary N) is 1. The van der Waals surface area contributed by atoms with E-state index in [1.807, 2.05) is 42.5 Å². The largest absolute Gasteiger partial charge is 0.496 e. The molecule has 0 unspecified atom stereocenters. The van der Waals surface area contributed by atoms with Crippen LogP contribution in [-0.2, 0) is 6.54 Å². The molecule has 2 aromatic carbocycles. The lowest BCUT2D eigenvalue weighted by molar-refractivity contribution is 0.0971. The molecule has 2 aromatic heterocycles. The van der Waals surface area contributed by atoms with Gasteiger partial charge in [0.1, 0.15) is 11.3 Å². The Morgan fingerprint density at radius 1 is 1.12 bits per heavy atom. The number of carbonyl (C=O) groups is 1. The standard InChI is InChI=1S/C26H27N5O3/c1-34-22-12-6-5-11-20(22)23-24-26(33)30(17-21(32)18-8-3-2-4-9-18)14-15-31(24)28-25(23)29-13-7-10-19(27)16-29/h2-6,8-9,11-12,14-15,19H,7,10,13,16-17,27H2,1H3/t19-/m1/s1. The molecule has 0 aliphatic carbocycles. The molecule has 0 spiro atoms. The van der Waals surface area contributed by atoms with Gasteiger partial charge in [0, 0.05) is 42.7 Å². The third kappa shape index (κ3) is 3.97. The van der Waals surface area contributed by atoms with Crippen molar-refractivity contribution in [3.63, 3.8) is 0 Å². The van der Waals surface area contributed by atoms with Gasteiger partial charge in [-0.05, 0) is 18.9 Å². The Hall–Kier alpha value is -3.91. The van der Waals surface area contributed by atoms with Gasteiger partial charge in [-0.25, -0.2) is 4.52 Å². The molecule has 34 heavy (non-hydrogen) atoms. The van der Waals surface area contributed by atoms with Crippen molar-refractivity contribution in [3.05, 3.63) is 82.9 Å². The number of rotatable bonds is 6. The molecule has 8 heteroatoms. The number of carbonyl (C=O) groups excluding carboxylic acids is 1. The topological polar surface area (TPSA) is 94.9 Å². The van der Waals surface area contributed by atoms with Gasteiger partial charge in [0.25, 0.3) is 5.56 Å². The second kappa shape index (κ2) is 9.15. The summed E-state index contributed by atoms with van der Waals surface area (Å²) in [6.45, 7) is 1.41. The number of ketones is 1. The highest BCUT2D eigenvalue weighted by molar-refractivity contribution is 5.96. The number of benzene rings is 2. The van der Waals surface area contributed by atoms with Crippen LogP contribution in [0.15, 0.2) is 71.8 Å². The minimum atomic E-state index is -0.284. The first-order valence-electron chi connectivity index (χ1n) is 11.4. The van der Waals surface area contributed by atoms with Crippen LogP contribution < -0.4 is 20.9 Å². The molecule has 0 amide bonds. The maximum absolute atomic E-state index is 13.7. The van der Waals surface area contributed by atoms with E-state index in [1.165, 1.54) is 4.57 Å². The zero-order valence-electron chi connectivity index (χ0n) is 19.1. The highest BCUT2D eigenvalue weighted by Gasteiger charge is 2.27. The molecular formula is C26H27N5O3. The number of anilines is 1. The van der Waals surface area contributed by atoms with Crippen molar-refractivity contribution < 1.29 is 9.53 Å². The lowest BCUT2D eigenvalue weighted by Gasteiger charge is -2.31. The number of fused-ring (bicyclic) bond motifs is 1. The molecule has 2 N–H and O–H groups in total. The van der Waals surface area contributed by atoms with E-state index < -0.39 is 0 Å². The number of aromatic nitrogens is 3. The third-order valence-electron chi connectivity index (χ3n) is 6.29. The van der Waals surface area contributed by atoms with Crippen LogP contribution in [0.4, 0.5) is 5.82 Å². The molecule has 0 bridgehead atoms. The van der Waals surface area contributed by atoms with Gasteiger partial charge >= 0.3 is 0 Å². The third-order valence-corrected chi connectivity index (χ3v) is 6.29. The molecule has 1 aliphatic heterocycles. The minimum Gasteiger partial charge on any atom is -0.496 e. The summed E-state index contributed by atoms with van der Waals surface area (Å²) < 4.78 is 8.67. The molecule has 0 radical (unpaired) electrons. The Morgan fingerprint density at radius 2 is 1.88 bits per heavy atom. The molecule has 8 nitrogen and oxygen atoms in total. The second-order valence-electron chi connectivity index (χ2n) is 8.56. The SMILES string of the molecule is COc1ccccc1-c1c(N2CCC[C@@H](N)C2)nn2ccn(CC(=O)c3ccccc3)c(=O)c12. The Morgan fingerprint density at radius 3 is 2.65 bits per heavy atom. The Balaban J connectivity index is 1.68. The van der Waals surface area contributed by atoms with E-state index in [2.05, 4.69) is 4.90 Å². The van der Waals surface area contributed by atoms with E-state index in [1.54, 1.807) is 36.2 Å². The molecule has 5 rings (SSSR count). The van der Waals surface area contributed by atoms with Crippen LogP contribution in [0.5, 0.6) is 5.75 Å². The van der Waals surface area contributed by atoms with Gasteiger partial charge < -0.3 is 19.9 Å². The van der Waals surface area contributed by atoms with Crippen LogP contribution in [0.25, 0.3) is 16.6 Å². The van der Waals surface area contributed by atoms with Gasteiger partial charge in [-0.2, -0.15) is 0 Å². The highest BCUT2D eigenvalue weighted by Crippen LogP contribution is 2.39. The number of methoxy groups -OCH3 is 1. The molecule has 0 saturated carbocycles. The summed E-state index contributed by atoms with van der Waals surface area (Å²) in [5.74, 6) is 1.21. The van der Waals surface area contributed by atoms with E-state index in [4.69, 9.17) is 15.6 Å². The van der Waals surface area contributed by atoms with E-state index in [-0.39, 0.29) is 23.9 Å². The minimum absolute atomic E-state index is 0.0456. The first-order chi connectivity index (χ1) is 16.6. The fourth-order valence-electron chi connectivity index (χ4n) is 4.60. The average Bonchev–Trinajstić information content (AvgIpc) is 3.26. The van der Waals surface area contributed by atoms with Crippen molar-refractivity contribution in [3.8, 4) is 16.9 Å². The molecule has 174 valence electrons. The predicted octanol–water partition coefficient (Wildman–Crippen LogP) is 2.98. The van der Waals surface area contributed by atoms with Gasteiger partial charge in [0.15, 0.2) is 11.6 Å². The number of Topliss-reactive ketones (excluding diaryl/α,β-unsaturated/α-hetero) is 1. The van der Waals surface area contributed by atoms with E-state index in [0.717, 1.165) is 24.9 Å². The van der Waals surface area contributed by atoms with Crippen LogP contribution in [0, 0.1) is 0 Å². The Bertz CT molecular complexity index is 1390. The van der Waals surface area contributed by atoms with E-state index >= 15 is 0 Å². The first kappa shape index (κ1) is 21.9. The maximum atomic E-state index is 13.7. The fourth-order valence-corrected chi connectivity index (χ4v) is 4.60. The predicted molar refractivity (Wildman–Crippen MR) is 132 cm³/mol. The number of hydrogen-bond donors (Lipinski definition) is 1. The second-order valence-corrected chi connectivity index (χ2v) is 8.56. The summed E-state index contributed by atoms with van der Waals surface area (Å²) in [5, 5.41) is 4.80. The molecule has 1 aliphatic rings. The van der Waals surface area contributed by atoms with Gasteiger partial charge in [-0.1, -0.05) is 48.5 Å². The zero-order valence-corrected chi connectivity index (χ0v) is 19.1. The summed E-state index contributed by atoms with van der Waals surface area (Å²) in [6.07, 6.45) is 5.25. The maximum Gasteiger partial charge on any atom is 0.277 e. The monoisotopic (exact) mass is 457 g/mol. The zero-order chi connectivity index (χ0) is 23.7. The quantitative estimate of drug-likeness (QED) is 0.448. The average molecular weight is 458 g/mol. The number of hydrogen-bond acceptors (Lipinski definition) is 6. The molecule has 3 heterocycles. The van der Waals surface area contributed by atoms with Gasteiger partial charge in [0.2, 0.25) is 0 Å². The summed E-state index contributed by atoms with van der Waals surface area (Å²) >= 11 is 0. The van der Waals surface area contributed by atoms with Crippen molar-refractivity contribution in [1.82, 2.24) is 14.2 Å². The van der Waals surface area contributed by atoms with Crippen molar-refractivity contribution >= 4 is 17.1 Å². The van der Waals surface area contributed by atoms with Crippen molar-refractivity contribution in [2.45, 2.75) is 25.4 Å². The number of nitrogens with zero attached hydrogens (tertiary/aromatic N) is 4. The summed E-state index contributed by atoms with van der Waals surface area (Å²) in [4.78, 5) is 28.7. The van der Waals surface area contributed by atoms with Crippen LogP contribution >= 0.6 is 0 Å². The van der Waals surface area contributed by atoms with Crippen LogP contribution in [-0.4, -0.2) is 46.2 Å². The summed E-state index contributed by atoms with van der Waals surface area (Å²) in [7, 11) is 1.61. The highest BCUT2D eigenvalue weighted by atomic mass is 16.5. The van der Waals surface area contributed by atoms with Crippen LogP contribution in [0.3, 0.4) is 0 Å². The summed E-state index contributed by atoms with van der Waals surface area (Å²) in [6, 6.07) is 16.6.